The third kappa shape index (κ3) is 4.39. The van der Waals surface area contributed by atoms with E-state index < -0.39 is 0 Å². The first-order chi connectivity index (χ1) is 14.5. The number of rotatable bonds is 6. The molecular weight excluding hydrogens is 461 g/mol. The highest BCUT2D eigenvalue weighted by molar-refractivity contribution is 7.99. The van der Waals surface area contributed by atoms with Crippen molar-refractivity contribution in [2.24, 2.45) is 0 Å². The van der Waals surface area contributed by atoms with Crippen molar-refractivity contribution in [2.45, 2.75) is 11.7 Å². The van der Waals surface area contributed by atoms with Gasteiger partial charge in [-0.2, -0.15) is 0 Å². The number of benzene rings is 2. The van der Waals surface area contributed by atoms with E-state index in [0.29, 0.717) is 37.7 Å². The summed E-state index contributed by atoms with van der Waals surface area (Å²) in [4.78, 5) is 30.1. The van der Waals surface area contributed by atoms with E-state index in [1.807, 2.05) is 23.6 Å². The molecule has 0 fully saturated rings. The molecule has 0 atom stereocenters. The molecule has 30 heavy (non-hydrogen) atoms. The van der Waals surface area contributed by atoms with Crippen LogP contribution in [0.2, 0.25) is 10.0 Å². The van der Waals surface area contributed by atoms with E-state index in [2.05, 4.69) is 10.3 Å². The minimum absolute atomic E-state index is 0.0942. The van der Waals surface area contributed by atoms with Crippen LogP contribution in [-0.2, 0) is 11.3 Å². The van der Waals surface area contributed by atoms with Crippen molar-refractivity contribution in [3.8, 4) is 5.69 Å². The van der Waals surface area contributed by atoms with Crippen molar-refractivity contribution in [1.82, 2.24) is 14.9 Å². The molecule has 1 N–H and O–H groups in total. The van der Waals surface area contributed by atoms with Crippen molar-refractivity contribution in [3.63, 3.8) is 0 Å². The Labute approximate surface area is 190 Å². The quantitative estimate of drug-likeness (QED) is 0.308. The number of thioether (sulfide) groups is 1. The molecule has 4 rings (SSSR count). The first-order valence-electron chi connectivity index (χ1n) is 8.92. The number of hydrogen-bond acceptors (Lipinski definition) is 5. The maximum atomic E-state index is 13.1. The van der Waals surface area contributed by atoms with Crippen molar-refractivity contribution >= 4 is 62.4 Å². The van der Waals surface area contributed by atoms with E-state index in [9.17, 15) is 9.59 Å². The molecule has 2 aromatic heterocycles. The highest BCUT2D eigenvalue weighted by Gasteiger charge is 2.17. The average Bonchev–Trinajstić information content (AvgIpc) is 3.22. The molecule has 0 spiro atoms. The Morgan fingerprint density at radius 2 is 1.80 bits per heavy atom. The fourth-order valence-corrected chi connectivity index (χ4v) is 4.87. The van der Waals surface area contributed by atoms with Crippen molar-refractivity contribution < 1.29 is 4.79 Å². The second-order valence-electron chi connectivity index (χ2n) is 6.28. The zero-order chi connectivity index (χ0) is 21.1. The summed E-state index contributed by atoms with van der Waals surface area (Å²) in [5, 5.41) is 6.11. The molecule has 4 aromatic rings. The Hall–Kier alpha value is -2.32. The molecule has 1 amide bonds. The number of halogens is 2. The monoisotopic (exact) mass is 475 g/mol. The van der Waals surface area contributed by atoms with Gasteiger partial charge in [-0.25, -0.2) is 4.98 Å². The fraction of sp³-hybridized carbons (Fsp3) is 0.0952. The van der Waals surface area contributed by atoms with E-state index >= 15 is 0 Å². The van der Waals surface area contributed by atoms with E-state index in [4.69, 9.17) is 23.2 Å². The van der Waals surface area contributed by atoms with E-state index in [-0.39, 0.29) is 17.2 Å². The lowest BCUT2D eigenvalue weighted by molar-refractivity contribution is -0.118. The zero-order valence-electron chi connectivity index (χ0n) is 15.5. The van der Waals surface area contributed by atoms with Crippen LogP contribution in [0.1, 0.15) is 5.56 Å². The molecule has 0 saturated heterocycles. The molecule has 2 heterocycles. The minimum Gasteiger partial charge on any atom is -0.351 e. The van der Waals surface area contributed by atoms with Gasteiger partial charge in [-0.1, -0.05) is 65.3 Å². The maximum absolute atomic E-state index is 13.1. The third-order valence-electron chi connectivity index (χ3n) is 4.31. The topological polar surface area (TPSA) is 64.0 Å². The van der Waals surface area contributed by atoms with Gasteiger partial charge in [-0.05, 0) is 35.2 Å². The smallest absolute Gasteiger partial charge is 0.276 e. The Morgan fingerprint density at radius 3 is 2.57 bits per heavy atom. The predicted molar refractivity (Wildman–Crippen MR) is 124 cm³/mol. The number of fused-ring (bicyclic) bond motifs is 1. The summed E-state index contributed by atoms with van der Waals surface area (Å²) < 4.78 is 2.01. The molecule has 0 aliphatic heterocycles. The number of thiophene rings is 1. The number of nitrogens with one attached hydrogen (secondary N) is 1. The van der Waals surface area contributed by atoms with Gasteiger partial charge in [-0.15, -0.1) is 11.3 Å². The van der Waals surface area contributed by atoms with Crippen LogP contribution in [0.5, 0.6) is 0 Å². The predicted octanol–water partition coefficient (Wildman–Crippen LogP) is 5.16. The molecule has 5 nitrogen and oxygen atoms in total. The van der Waals surface area contributed by atoms with Gasteiger partial charge in [0.15, 0.2) is 5.16 Å². The van der Waals surface area contributed by atoms with Crippen LogP contribution in [0.15, 0.2) is 69.9 Å². The number of aromatic nitrogens is 2. The SMILES string of the molecule is O=C(CSc1nc2ccsc2c(=O)n1-c1ccccc1Cl)NCc1ccccc1Cl. The van der Waals surface area contributed by atoms with Gasteiger partial charge < -0.3 is 5.32 Å². The normalized spacial score (nSPS) is 11.0. The summed E-state index contributed by atoms with van der Waals surface area (Å²) in [6.07, 6.45) is 0. The van der Waals surface area contributed by atoms with Crippen LogP contribution in [-0.4, -0.2) is 21.2 Å². The summed E-state index contributed by atoms with van der Waals surface area (Å²) >= 11 is 15.0. The maximum Gasteiger partial charge on any atom is 0.276 e. The van der Waals surface area contributed by atoms with Crippen molar-refractivity contribution in [2.75, 3.05) is 5.75 Å². The molecule has 0 aliphatic rings. The Morgan fingerprint density at radius 1 is 1.07 bits per heavy atom. The molecule has 0 bridgehead atoms. The minimum atomic E-state index is -0.206. The number of nitrogens with zero attached hydrogens (tertiary/aromatic N) is 2. The molecule has 2 aromatic carbocycles. The summed E-state index contributed by atoms with van der Waals surface area (Å²) in [6, 6.07) is 16.2. The lowest BCUT2D eigenvalue weighted by Crippen LogP contribution is -2.26. The number of carbonyl (C=O) groups excluding carboxylic acids is 1. The van der Waals surface area contributed by atoms with Crippen LogP contribution in [0.25, 0.3) is 15.9 Å². The molecule has 9 heteroatoms. The van der Waals surface area contributed by atoms with Gasteiger partial charge in [-0.3, -0.25) is 14.2 Å². The standard InChI is InChI=1S/C21H15Cl2N3O2S2/c22-14-6-2-1-5-13(14)11-24-18(27)12-30-21-25-16-9-10-29-19(16)20(28)26(21)17-8-4-3-7-15(17)23/h1-10H,11-12H2,(H,24,27). The largest absolute Gasteiger partial charge is 0.351 e. The first-order valence-corrected chi connectivity index (χ1v) is 11.5. The van der Waals surface area contributed by atoms with Crippen LogP contribution in [0.4, 0.5) is 0 Å². The number of amides is 1. The number of para-hydroxylation sites is 1. The number of carbonyl (C=O) groups is 1. The van der Waals surface area contributed by atoms with E-state index in [1.165, 1.54) is 27.7 Å². The van der Waals surface area contributed by atoms with Crippen molar-refractivity contribution in [1.29, 1.82) is 0 Å². The van der Waals surface area contributed by atoms with Crippen LogP contribution in [0, 0.1) is 0 Å². The van der Waals surface area contributed by atoms with Gasteiger partial charge in [0.05, 0.1) is 22.0 Å². The molecule has 0 radical (unpaired) electrons. The number of hydrogen-bond donors (Lipinski definition) is 1. The van der Waals surface area contributed by atoms with Crippen molar-refractivity contribution in [3.05, 3.63) is 85.9 Å². The summed E-state index contributed by atoms with van der Waals surface area (Å²) in [7, 11) is 0. The van der Waals surface area contributed by atoms with Gasteiger partial charge in [0.25, 0.3) is 5.56 Å². The third-order valence-corrected chi connectivity index (χ3v) is 6.83. The highest BCUT2D eigenvalue weighted by Crippen LogP contribution is 2.27. The summed E-state index contributed by atoms with van der Waals surface area (Å²) in [5.74, 6) is -0.0953. The first kappa shape index (κ1) is 20.9. The van der Waals surface area contributed by atoms with Crippen LogP contribution < -0.4 is 10.9 Å². The lowest BCUT2D eigenvalue weighted by atomic mass is 10.2. The Bertz CT molecular complexity index is 1290. The lowest BCUT2D eigenvalue weighted by Gasteiger charge is -2.13. The molecule has 0 saturated carbocycles. The van der Waals surface area contributed by atoms with Gasteiger partial charge in [0.2, 0.25) is 5.91 Å². The van der Waals surface area contributed by atoms with Gasteiger partial charge in [0.1, 0.15) is 4.70 Å². The Kier molecular flexibility index (Phi) is 6.43. The van der Waals surface area contributed by atoms with E-state index in [0.717, 1.165) is 5.56 Å². The second kappa shape index (κ2) is 9.22. The van der Waals surface area contributed by atoms with Gasteiger partial charge >= 0.3 is 0 Å². The van der Waals surface area contributed by atoms with E-state index in [1.54, 1.807) is 36.4 Å². The fourth-order valence-electron chi connectivity index (χ4n) is 2.85. The highest BCUT2D eigenvalue weighted by atomic mass is 35.5. The molecule has 152 valence electrons. The Balaban J connectivity index is 1.58. The zero-order valence-corrected chi connectivity index (χ0v) is 18.6. The summed E-state index contributed by atoms with van der Waals surface area (Å²) in [5.41, 5.74) is 1.77. The molecule has 0 aliphatic carbocycles. The van der Waals surface area contributed by atoms with Crippen LogP contribution >= 0.6 is 46.3 Å². The second-order valence-corrected chi connectivity index (χ2v) is 8.95. The van der Waals surface area contributed by atoms with Gasteiger partial charge in [0, 0.05) is 11.6 Å². The molecular formula is C21H15Cl2N3O2S2. The molecule has 0 unspecified atom stereocenters. The summed E-state index contributed by atoms with van der Waals surface area (Å²) in [6.45, 7) is 0.327. The average molecular weight is 476 g/mol. The van der Waals surface area contributed by atoms with Crippen LogP contribution in [0.3, 0.4) is 0 Å².